The molecule has 0 heterocycles. The van der Waals surface area contributed by atoms with Gasteiger partial charge in [-0.2, -0.15) is 0 Å². The third-order valence-electron chi connectivity index (χ3n) is 5.14. The third kappa shape index (κ3) is 3.74. The highest BCUT2D eigenvalue weighted by Gasteiger charge is 2.35. The molecule has 114 valence electrons. The van der Waals surface area contributed by atoms with Crippen LogP contribution in [0, 0.1) is 17.8 Å². The number of ether oxygens (including phenoxy) is 1. The Hall–Kier alpha value is -1.06. The Morgan fingerprint density at radius 1 is 1.10 bits per heavy atom. The second kappa shape index (κ2) is 7.09. The summed E-state index contributed by atoms with van der Waals surface area (Å²) < 4.78 is 4.62. The average Bonchev–Trinajstić information content (AvgIpc) is 2.50. The Balaban J connectivity index is 1.81. The largest absolute Gasteiger partial charge is 0.469 e. The molecule has 0 aliphatic heterocycles. The lowest BCUT2D eigenvalue weighted by Gasteiger charge is -2.39. The number of hydrogen-bond donors (Lipinski definition) is 0. The first-order valence-electron chi connectivity index (χ1n) is 7.93. The number of fused-ring (bicyclic) bond motifs is 1. The number of esters is 1. The molecule has 4 nitrogen and oxygen atoms in total. The first kappa shape index (κ1) is 15.3. The van der Waals surface area contributed by atoms with Crippen molar-refractivity contribution in [3.05, 3.63) is 0 Å². The minimum atomic E-state index is -0.249. The smallest absolute Gasteiger partial charge is 0.307 e. The molecule has 2 saturated carbocycles. The molecule has 0 aromatic rings. The SMILES string of the molecule is COC(=O)CCN(C)C(=O)C1CCC2CCCCC2C1. The van der Waals surface area contributed by atoms with Crippen LogP contribution in [-0.2, 0) is 14.3 Å². The summed E-state index contributed by atoms with van der Waals surface area (Å²) in [6, 6.07) is 0. The molecular weight excluding hydrogens is 254 g/mol. The Morgan fingerprint density at radius 3 is 2.50 bits per heavy atom. The number of carbonyl (C=O) groups excluding carboxylic acids is 2. The van der Waals surface area contributed by atoms with E-state index in [-0.39, 0.29) is 24.2 Å². The second-order valence-corrected chi connectivity index (χ2v) is 6.40. The normalized spacial score (nSPS) is 29.4. The number of carbonyl (C=O) groups is 2. The van der Waals surface area contributed by atoms with Crippen LogP contribution in [0.2, 0.25) is 0 Å². The van der Waals surface area contributed by atoms with E-state index in [1.165, 1.54) is 39.2 Å². The molecule has 0 spiro atoms. The van der Waals surface area contributed by atoms with E-state index in [0.717, 1.165) is 24.7 Å². The number of methoxy groups -OCH3 is 1. The molecule has 2 aliphatic rings. The van der Waals surface area contributed by atoms with Crippen LogP contribution < -0.4 is 0 Å². The molecule has 3 atom stereocenters. The maximum absolute atomic E-state index is 12.4. The van der Waals surface area contributed by atoms with Crippen LogP contribution in [0.3, 0.4) is 0 Å². The van der Waals surface area contributed by atoms with Crippen molar-refractivity contribution >= 4 is 11.9 Å². The van der Waals surface area contributed by atoms with Gasteiger partial charge < -0.3 is 9.64 Å². The van der Waals surface area contributed by atoms with Gasteiger partial charge in [-0.25, -0.2) is 0 Å². The van der Waals surface area contributed by atoms with Crippen LogP contribution in [0.4, 0.5) is 0 Å². The van der Waals surface area contributed by atoms with Gasteiger partial charge >= 0.3 is 5.97 Å². The molecule has 3 unspecified atom stereocenters. The molecule has 0 aromatic carbocycles. The molecular formula is C16H27NO3. The molecule has 1 amide bonds. The second-order valence-electron chi connectivity index (χ2n) is 6.40. The number of rotatable bonds is 4. The molecule has 0 aromatic heterocycles. The first-order valence-corrected chi connectivity index (χ1v) is 7.93. The topological polar surface area (TPSA) is 46.6 Å². The lowest BCUT2D eigenvalue weighted by Crippen LogP contribution is -2.39. The summed E-state index contributed by atoms with van der Waals surface area (Å²) >= 11 is 0. The van der Waals surface area contributed by atoms with Gasteiger partial charge in [-0.1, -0.05) is 25.7 Å². The van der Waals surface area contributed by atoms with Gasteiger partial charge in [-0.15, -0.1) is 0 Å². The maximum atomic E-state index is 12.4. The number of hydrogen-bond acceptors (Lipinski definition) is 3. The molecule has 2 fully saturated rings. The molecule has 0 saturated heterocycles. The Labute approximate surface area is 121 Å². The number of amides is 1. The Bertz CT molecular complexity index is 356. The van der Waals surface area contributed by atoms with Gasteiger partial charge in [-0.3, -0.25) is 9.59 Å². The zero-order chi connectivity index (χ0) is 14.5. The van der Waals surface area contributed by atoms with E-state index in [9.17, 15) is 9.59 Å². The van der Waals surface area contributed by atoms with Crippen molar-refractivity contribution < 1.29 is 14.3 Å². The van der Waals surface area contributed by atoms with Crippen LogP contribution in [0.15, 0.2) is 0 Å². The van der Waals surface area contributed by atoms with Crippen molar-refractivity contribution in [2.24, 2.45) is 17.8 Å². The van der Waals surface area contributed by atoms with E-state index in [0.29, 0.717) is 6.54 Å². The van der Waals surface area contributed by atoms with Crippen LogP contribution >= 0.6 is 0 Å². The predicted molar refractivity (Wildman–Crippen MR) is 77.1 cm³/mol. The van der Waals surface area contributed by atoms with Crippen molar-refractivity contribution in [3.8, 4) is 0 Å². The van der Waals surface area contributed by atoms with Crippen LogP contribution in [-0.4, -0.2) is 37.5 Å². The van der Waals surface area contributed by atoms with Crippen LogP contribution in [0.25, 0.3) is 0 Å². The zero-order valence-corrected chi connectivity index (χ0v) is 12.8. The molecule has 2 aliphatic carbocycles. The standard InChI is InChI=1S/C16H27NO3/c1-17(10-9-15(18)20-2)16(19)14-8-7-12-5-3-4-6-13(12)11-14/h12-14H,3-11H2,1-2H3. The van der Waals surface area contributed by atoms with Gasteiger partial charge in [0.15, 0.2) is 0 Å². The summed E-state index contributed by atoms with van der Waals surface area (Å²) in [5.74, 6) is 1.78. The summed E-state index contributed by atoms with van der Waals surface area (Å²) in [5, 5.41) is 0. The molecule has 0 bridgehead atoms. The van der Waals surface area contributed by atoms with Gasteiger partial charge in [0.2, 0.25) is 5.91 Å². The number of nitrogens with zero attached hydrogens (tertiary/aromatic N) is 1. The summed E-state index contributed by atoms with van der Waals surface area (Å²) in [7, 11) is 3.19. The molecule has 20 heavy (non-hydrogen) atoms. The Kier molecular flexibility index (Phi) is 5.44. The van der Waals surface area contributed by atoms with E-state index in [1.54, 1.807) is 11.9 Å². The van der Waals surface area contributed by atoms with Crippen LogP contribution in [0.1, 0.15) is 51.4 Å². The van der Waals surface area contributed by atoms with E-state index < -0.39 is 0 Å². The highest BCUT2D eigenvalue weighted by atomic mass is 16.5. The van der Waals surface area contributed by atoms with Crippen molar-refractivity contribution in [3.63, 3.8) is 0 Å². The molecule has 0 radical (unpaired) electrons. The molecule has 0 N–H and O–H groups in total. The highest BCUT2D eigenvalue weighted by Crippen LogP contribution is 2.43. The predicted octanol–water partition coefficient (Wildman–Crippen LogP) is 2.61. The van der Waals surface area contributed by atoms with E-state index in [1.807, 2.05) is 0 Å². The van der Waals surface area contributed by atoms with E-state index >= 15 is 0 Å². The summed E-state index contributed by atoms with van der Waals surface area (Å²) in [6.07, 6.45) is 8.97. The van der Waals surface area contributed by atoms with E-state index in [4.69, 9.17) is 0 Å². The average molecular weight is 281 g/mol. The monoisotopic (exact) mass is 281 g/mol. The first-order chi connectivity index (χ1) is 9.61. The van der Waals surface area contributed by atoms with E-state index in [2.05, 4.69) is 4.74 Å². The fourth-order valence-corrected chi connectivity index (χ4v) is 3.88. The highest BCUT2D eigenvalue weighted by molar-refractivity contribution is 5.79. The summed E-state index contributed by atoms with van der Waals surface area (Å²) in [6.45, 7) is 0.468. The van der Waals surface area contributed by atoms with Crippen LogP contribution in [0.5, 0.6) is 0 Å². The summed E-state index contributed by atoms with van der Waals surface area (Å²) in [5.41, 5.74) is 0. The zero-order valence-electron chi connectivity index (χ0n) is 12.8. The van der Waals surface area contributed by atoms with Crippen molar-refractivity contribution in [2.75, 3.05) is 20.7 Å². The van der Waals surface area contributed by atoms with Gasteiger partial charge in [0.1, 0.15) is 0 Å². The van der Waals surface area contributed by atoms with Crippen molar-refractivity contribution in [1.29, 1.82) is 0 Å². The lowest BCUT2D eigenvalue weighted by molar-refractivity contribution is -0.142. The van der Waals surface area contributed by atoms with Gasteiger partial charge in [0.25, 0.3) is 0 Å². The minimum absolute atomic E-state index is 0.178. The van der Waals surface area contributed by atoms with Gasteiger partial charge in [-0.05, 0) is 31.1 Å². The fourth-order valence-electron chi connectivity index (χ4n) is 3.88. The molecule has 2 rings (SSSR count). The third-order valence-corrected chi connectivity index (χ3v) is 5.14. The lowest BCUT2D eigenvalue weighted by atomic mass is 9.67. The summed E-state index contributed by atoms with van der Waals surface area (Å²) in [4.78, 5) is 25.3. The maximum Gasteiger partial charge on any atom is 0.307 e. The Morgan fingerprint density at radius 2 is 1.80 bits per heavy atom. The van der Waals surface area contributed by atoms with Gasteiger partial charge in [0.05, 0.1) is 13.5 Å². The minimum Gasteiger partial charge on any atom is -0.469 e. The quantitative estimate of drug-likeness (QED) is 0.744. The molecule has 4 heteroatoms. The van der Waals surface area contributed by atoms with Gasteiger partial charge in [0, 0.05) is 19.5 Å². The van der Waals surface area contributed by atoms with Crippen molar-refractivity contribution in [2.45, 2.75) is 51.4 Å². The van der Waals surface area contributed by atoms with Crippen molar-refractivity contribution in [1.82, 2.24) is 4.90 Å². The fraction of sp³-hybridized carbons (Fsp3) is 0.875.